The average Bonchev–Trinajstić information content (AvgIpc) is 3.91. The molecule has 0 amide bonds. The highest BCUT2D eigenvalue weighted by atomic mass is 16.3. The zero-order valence-corrected chi connectivity index (χ0v) is 33.1. The monoisotopic (exact) mass is 795 g/mol. The summed E-state index contributed by atoms with van der Waals surface area (Å²) in [5.74, 6) is 3.36. The third-order valence-electron chi connectivity index (χ3n) is 11.3. The van der Waals surface area contributed by atoms with Crippen molar-refractivity contribution in [3.63, 3.8) is 0 Å². The normalized spacial score (nSPS) is 11.5. The number of fused-ring (bicyclic) bond motifs is 6. The summed E-state index contributed by atoms with van der Waals surface area (Å²) in [6, 6.07) is 67.6. The van der Waals surface area contributed by atoms with Gasteiger partial charge in [0, 0.05) is 55.0 Å². The molecule has 0 aliphatic carbocycles. The van der Waals surface area contributed by atoms with Gasteiger partial charge in [-0.15, -0.1) is 0 Å². The van der Waals surface area contributed by atoms with Gasteiger partial charge >= 0.3 is 0 Å². The molecule has 290 valence electrons. The summed E-state index contributed by atoms with van der Waals surface area (Å²) < 4.78 is 9.08. The van der Waals surface area contributed by atoms with Crippen molar-refractivity contribution in [3.05, 3.63) is 200 Å². The second-order valence-electron chi connectivity index (χ2n) is 15.1. The van der Waals surface area contributed by atoms with Gasteiger partial charge in [-0.25, -0.2) is 29.9 Å². The van der Waals surface area contributed by atoms with E-state index >= 15 is 0 Å². The zero-order valence-electron chi connectivity index (χ0n) is 33.1. The average molecular weight is 796 g/mol. The Bertz CT molecular complexity index is 3510. The summed E-state index contributed by atoms with van der Waals surface area (Å²) in [6.45, 7) is 0. The second-order valence-corrected chi connectivity index (χ2v) is 15.1. The van der Waals surface area contributed by atoms with Gasteiger partial charge < -0.3 is 8.98 Å². The van der Waals surface area contributed by atoms with Gasteiger partial charge in [0.2, 0.25) is 0 Å². The molecule has 0 aliphatic heterocycles. The topological polar surface area (TPSA) is 95.4 Å². The van der Waals surface area contributed by atoms with Crippen LogP contribution in [0.15, 0.2) is 205 Å². The first-order valence-corrected chi connectivity index (χ1v) is 20.5. The summed E-state index contributed by atoms with van der Waals surface area (Å²) in [5.41, 5.74) is 9.86. The third-order valence-corrected chi connectivity index (χ3v) is 11.3. The molecule has 0 radical (unpaired) electrons. The number of hydrogen-bond donors (Lipinski definition) is 0. The summed E-state index contributed by atoms with van der Waals surface area (Å²) in [5, 5.41) is 4.23. The molecule has 0 unspecified atom stereocenters. The Labute approximate surface area is 355 Å². The molecule has 8 nitrogen and oxygen atoms in total. The molecule has 4 aromatic heterocycles. The van der Waals surface area contributed by atoms with E-state index in [1.165, 1.54) is 10.8 Å². The van der Waals surface area contributed by atoms with E-state index in [0.29, 0.717) is 46.1 Å². The molecule has 0 saturated carbocycles. The number of aromatic nitrogens is 7. The summed E-state index contributed by atoms with van der Waals surface area (Å²) in [6.07, 6.45) is 0. The van der Waals surface area contributed by atoms with Crippen LogP contribution in [0.5, 0.6) is 0 Å². The fraction of sp³-hybridized carbons (Fsp3) is 0. The minimum Gasteiger partial charge on any atom is -0.455 e. The van der Waals surface area contributed by atoms with Gasteiger partial charge in [0.05, 0.1) is 16.6 Å². The number of rotatable bonds is 7. The van der Waals surface area contributed by atoms with Gasteiger partial charge in [0.1, 0.15) is 11.2 Å². The molecule has 12 rings (SSSR count). The van der Waals surface area contributed by atoms with Gasteiger partial charge in [-0.05, 0) is 48.5 Å². The number of hydrogen-bond acceptors (Lipinski definition) is 7. The van der Waals surface area contributed by atoms with Crippen molar-refractivity contribution in [2.75, 3.05) is 0 Å². The Morgan fingerprint density at radius 3 is 1.24 bits per heavy atom. The van der Waals surface area contributed by atoms with E-state index in [0.717, 1.165) is 60.9 Å². The van der Waals surface area contributed by atoms with E-state index in [9.17, 15) is 0 Å². The van der Waals surface area contributed by atoms with Crippen LogP contribution in [0.4, 0.5) is 0 Å². The van der Waals surface area contributed by atoms with Crippen LogP contribution in [0.25, 0.3) is 118 Å². The highest BCUT2D eigenvalue weighted by molar-refractivity contribution is 6.15. The number of para-hydroxylation sites is 3. The maximum atomic E-state index is 6.77. The van der Waals surface area contributed by atoms with Crippen LogP contribution >= 0.6 is 0 Å². The van der Waals surface area contributed by atoms with E-state index in [1.54, 1.807) is 0 Å². The van der Waals surface area contributed by atoms with E-state index < -0.39 is 0 Å². The molecular formula is C54H33N7O. The highest BCUT2D eigenvalue weighted by Gasteiger charge is 2.22. The standard InChI is InChI=1S/C54H33N7O/c1-4-16-34(17-5-1)49-55-50(35-18-6-2-7-19-35)58-53(57-49)42-25-15-29-46-47(42)41-24-14-26-43(48(41)62-46)54-59-51(36-20-8-3-9-21-36)56-52(60-54)37-30-32-38(33-31-37)61-44-27-12-10-22-39(44)40-23-11-13-28-45(40)61/h1-33H. The molecule has 0 N–H and O–H groups in total. The van der Waals surface area contributed by atoms with E-state index in [1.807, 2.05) is 121 Å². The van der Waals surface area contributed by atoms with E-state index in [-0.39, 0.29) is 0 Å². The first-order valence-electron chi connectivity index (χ1n) is 20.5. The van der Waals surface area contributed by atoms with Gasteiger partial charge in [0.25, 0.3) is 0 Å². The van der Waals surface area contributed by atoms with E-state index in [4.69, 9.17) is 34.3 Å². The second kappa shape index (κ2) is 14.6. The molecule has 0 fully saturated rings. The minimum absolute atomic E-state index is 0.504. The van der Waals surface area contributed by atoms with Crippen molar-refractivity contribution in [3.8, 4) is 74.0 Å². The predicted octanol–water partition coefficient (Wildman–Crippen LogP) is 13.1. The fourth-order valence-electron chi connectivity index (χ4n) is 8.44. The molecule has 8 heteroatoms. The first kappa shape index (κ1) is 35.3. The molecule has 4 heterocycles. The van der Waals surface area contributed by atoms with Crippen LogP contribution in [0.1, 0.15) is 0 Å². The minimum atomic E-state index is 0.504. The molecule has 0 bridgehead atoms. The van der Waals surface area contributed by atoms with Crippen molar-refractivity contribution in [1.29, 1.82) is 0 Å². The lowest BCUT2D eigenvalue weighted by molar-refractivity contribution is 0.669. The Hall–Kier alpha value is -8.62. The quantitative estimate of drug-likeness (QED) is 0.158. The largest absolute Gasteiger partial charge is 0.455 e. The maximum absolute atomic E-state index is 6.77. The fourth-order valence-corrected chi connectivity index (χ4v) is 8.44. The van der Waals surface area contributed by atoms with Gasteiger partial charge in [-0.3, -0.25) is 0 Å². The Balaban J connectivity index is 1.01. The lowest BCUT2D eigenvalue weighted by Crippen LogP contribution is -2.01. The number of nitrogens with zero attached hydrogens (tertiary/aromatic N) is 7. The molecule has 0 saturated heterocycles. The van der Waals surface area contributed by atoms with Crippen LogP contribution < -0.4 is 0 Å². The van der Waals surface area contributed by atoms with Crippen molar-refractivity contribution in [1.82, 2.24) is 34.5 Å². The van der Waals surface area contributed by atoms with E-state index in [2.05, 4.69) is 83.4 Å². The first-order chi connectivity index (χ1) is 30.7. The molecule has 62 heavy (non-hydrogen) atoms. The molecule has 0 aliphatic rings. The van der Waals surface area contributed by atoms with Crippen LogP contribution in [0.2, 0.25) is 0 Å². The van der Waals surface area contributed by atoms with Crippen LogP contribution in [0.3, 0.4) is 0 Å². The van der Waals surface area contributed by atoms with Crippen molar-refractivity contribution < 1.29 is 4.42 Å². The smallest absolute Gasteiger partial charge is 0.167 e. The van der Waals surface area contributed by atoms with Crippen LogP contribution in [-0.4, -0.2) is 34.5 Å². The van der Waals surface area contributed by atoms with Crippen molar-refractivity contribution >= 4 is 43.7 Å². The van der Waals surface area contributed by atoms with Gasteiger partial charge in [-0.1, -0.05) is 152 Å². The highest BCUT2D eigenvalue weighted by Crippen LogP contribution is 2.40. The van der Waals surface area contributed by atoms with Crippen molar-refractivity contribution in [2.45, 2.75) is 0 Å². The Kier molecular flexibility index (Phi) is 8.31. The van der Waals surface area contributed by atoms with Crippen LogP contribution in [0, 0.1) is 0 Å². The summed E-state index contributed by atoms with van der Waals surface area (Å²) in [4.78, 5) is 30.4. The molecule has 0 atom stereocenters. The third kappa shape index (κ3) is 6.00. The maximum Gasteiger partial charge on any atom is 0.167 e. The van der Waals surface area contributed by atoms with Gasteiger partial charge in [0.15, 0.2) is 34.9 Å². The zero-order chi connectivity index (χ0) is 41.0. The SMILES string of the molecule is c1ccc(-c2nc(-c3ccc(-n4c5ccccc5c5ccccc54)cc3)nc(-c3cccc4c3oc3cccc(-c5nc(-c6ccccc6)nc(-c6ccccc6)n5)c34)n2)cc1. The Morgan fingerprint density at radius 2 is 0.710 bits per heavy atom. The summed E-state index contributed by atoms with van der Waals surface area (Å²) >= 11 is 0. The number of benzene rings is 8. The predicted molar refractivity (Wildman–Crippen MR) is 247 cm³/mol. The van der Waals surface area contributed by atoms with Gasteiger partial charge in [-0.2, -0.15) is 0 Å². The van der Waals surface area contributed by atoms with Crippen LogP contribution in [-0.2, 0) is 0 Å². The molecule has 12 aromatic rings. The molecular weight excluding hydrogens is 763 g/mol. The summed E-state index contributed by atoms with van der Waals surface area (Å²) in [7, 11) is 0. The number of furan rings is 1. The van der Waals surface area contributed by atoms with Crippen molar-refractivity contribution in [2.24, 2.45) is 0 Å². The molecule has 0 spiro atoms. The Morgan fingerprint density at radius 1 is 0.306 bits per heavy atom. The lowest BCUT2D eigenvalue weighted by atomic mass is 10.0. The lowest BCUT2D eigenvalue weighted by Gasteiger charge is -2.11. The molecule has 8 aromatic carbocycles.